The predicted octanol–water partition coefficient (Wildman–Crippen LogP) is 5.43. The van der Waals surface area contributed by atoms with Crippen molar-refractivity contribution < 1.29 is 36.9 Å². The molecular formula is C23H16F4O4. The highest BCUT2D eigenvalue weighted by Crippen LogP contribution is 2.29. The van der Waals surface area contributed by atoms with Crippen molar-refractivity contribution in [2.45, 2.75) is 6.61 Å². The average molecular weight is 432 g/mol. The van der Waals surface area contributed by atoms with Gasteiger partial charge in [0, 0.05) is 17.2 Å². The van der Waals surface area contributed by atoms with Crippen molar-refractivity contribution >= 4 is 11.9 Å². The molecule has 4 nitrogen and oxygen atoms in total. The van der Waals surface area contributed by atoms with Gasteiger partial charge in [0.25, 0.3) is 0 Å². The van der Waals surface area contributed by atoms with Gasteiger partial charge in [-0.05, 0) is 48.0 Å². The van der Waals surface area contributed by atoms with Crippen LogP contribution in [0.4, 0.5) is 17.6 Å². The number of carbonyl (C=O) groups excluding carboxylic acids is 1. The molecule has 0 bridgehead atoms. The average Bonchev–Trinajstić information content (AvgIpc) is 2.76. The molecule has 0 spiro atoms. The first-order valence-corrected chi connectivity index (χ1v) is 8.94. The zero-order chi connectivity index (χ0) is 22.5. The van der Waals surface area contributed by atoms with E-state index in [4.69, 9.17) is 9.47 Å². The predicted molar refractivity (Wildman–Crippen MR) is 105 cm³/mol. The number of hydrogen-bond acceptors (Lipinski definition) is 4. The highest BCUT2D eigenvalue weighted by atomic mass is 19.2. The fourth-order valence-corrected chi connectivity index (χ4v) is 2.74. The van der Waals surface area contributed by atoms with Crippen LogP contribution in [0.3, 0.4) is 0 Å². The molecule has 0 fully saturated rings. The molecule has 160 valence electrons. The molecule has 0 radical (unpaired) electrons. The van der Waals surface area contributed by atoms with Crippen LogP contribution >= 0.6 is 0 Å². The van der Waals surface area contributed by atoms with E-state index in [0.29, 0.717) is 22.4 Å². The molecule has 0 saturated carbocycles. The lowest BCUT2D eigenvalue weighted by atomic mass is 10.1. The summed E-state index contributed by atoms with van der Waals surface area (Å²) >= 11 is 0. The lowest BCUT2D eigenvalue weighted by Crippen LogP contribution is -2.05. The van der Waals surface area contributed by atoms with Gasteiger partial charge >= 0.3 is 0 Å². The van der Waals surface area contributed by atoms with Crippen molar-refractivity contribution in [2.24, 2.45) is 0 Å². The lowest BCUT2D eigenvalue weighted by Gasteiger charge is -2.13. The van der Waals surface area contributed by atoms with E-state index >= 15 is 0 Å². The number of rotatable bonds is 7. The zero-order valence-corrected chi connectivity index (χ0v) is 16.2. The van der Waals surface area contributed by atoms with Gasteiger partial charge in [0.15, 0.2) is 23.2 Å². The quantitative estimate of drug-likeness (QED) is 0.234. The summed E-state index contributed by atoms with van der Waals surface area (Å²) in [5.74, 6) is -7.60. The highest BCUT2D eigenvalue weighted by Gasteiger charge is 2.21. The van der Waals surface area contributed by atoms with Crippen LogP contribution in [-0.4, -0.2) is 18.0 Å². The summed E-state index contributed by atoms with van der Waals surface area (Å²) in [6, 6.07) is 10.5. The maximum atomic E-state index is 13.8. The molecule has 1 N–H and O–H groups in total. The Morgan fingerprint density at radius 1 is 0.968 bits per heavy atom. The van der Waals surface area contributed by atoms with E-state index in [-0.39, 0.29) is 17.6 Å². The second kappa shape index (κ2) is 9.34. The largest absolute Gasteiger partial charge is 0.508 e. The Balaban J connectivity index is 1.81. The van der Waals surface area contributed by atoms with Crippen molar-refractivity contribution in [3.8, 4) is 17.2 Å². The van der Waals surface area contributed by atoms with Crippen molar-refractivity contribution in [1.29, 1.82) is 0 Å². The highest BCUT2D eigenvalue weighted by molar-refractivity contribution is 6.06. The first kappa shape index (κ1) is 21.9. The number of halogens is 4. The fourth-order valence-electron chi connectivity index (χ4n) is 2.74. The Bertz CT molecular complexity index is 1120. The molecule has 3 rings (SSSR count). The van der Waals surface area contributed by atoms with E-state index in [0.717, 1.165) is 0 Å². The van der Waals surface area contributed by atoms with Crippen LogP contribution in [0.15, 0.2) is 54.6 Å². The topological polar surface area (TPSA) is 55.8 Å². The summed E-state index contributed by atoms with van der Waals surface area (Å²) in [5.41, 5.74) is 1.23. The summed E-state index contributed by atoms with van der Waals surface area (Å²) in [5, 5.41) is 9.28. The number of aromatic hydroxyl groups is 1. The van der Waals surface area contributed by atoms with E-state index in [2.05, 4.69) is 0 Å². The van der Waals surface area contributed by atoms with E-state index in [1.54, 1.807) is 12.1 Å². The first-order valence-electron chi connectivity index (χ1n) is 8.94. The van der Waals surface area contributed by atoms with Crippen LogP contribution in [-0.2, 0) is 6.61 Å². The maximum absolute atomic E-state index is 13.8. The number of allylic oxidation sites excluding steroid dienone is 1. The number of carbonyl (C=O) groups is 1. The molecule has 0 atom stereocenters. The lowest BCUT2D eigenvalue weighted by molar-refractivity contribution is 0.104. The molecule has 0 aliphatic heterocycles. The van der Waals surface area contributed by atoms with Crippen molar-refractivity contribution in [3.63, 3.8) is 0 Å². The van der Waals surface area contributed by atoms with Gasteiger partial charge in [-0.1, -0.05) is 12.1 Å². The van der Waals surface area contributed by atoms with Gasteiger partial charge in [-0.2, -0.15) is 8.78 Å². The SMILES string of the molecule is COc1ccc(/C=C/C(=O)c2ccc(O)cc2)cc1COc1c(F)c(F)cc(F)c1F. The minimum atomic E-state index is -1.64. The Kier molecular flexibility index (Phi) is 6.59. The number of ketones is 1. The number of ether oxygens (including phenoxy) is 2. The molecule has 0 aliphatic rings. The second-order valence-corrected chi connectivity index (χ2v) is 6.40. The van der Waals surface area contributed by atoms with Crippen LogP contribution < -0.4 is 9.47 Å². The molecule has 3 aromatic carbocycles. The monoisotopic (exact) mass is 432 g/mol. The molecule has 8 heteroatoms. The van der Waals surface area contributed by atoms with Crippen LogP contribution in [0.1, 0.15) is 21.5 Å². The fraction of sp³-hybridized carbons (Fsp3) is 0.0870. The molecule has 0 aliphatic carbocycles. The van der Waals surface area contributed by atoms with Crippen LogP contribution in [0.25, 0.3) is 6.08 Å². The maximum Gasteiger partial charge on any atom is 0.203 e. The van der Waals surface area contributed by atoms with Gasteiger partial charge < -0.3 is 14.6 Å². The molecule has 0 amide bonds. The number of phenols is 1. The number of methoxy groups -OCH3 is 1. The number of hydrogen-bond donors (Lipinski definition) is 1. The van der Waals surface area contributed by atoms with Gasteiger partial charge in [-0.15, -0.1) is 0 Å². The van der Waals surface area contributed by atoms with Crippen LogP contribution in [0.5, 0.6) is 17.2 Å². The molecule has 3 aromatic rings. The van der Waals surface area contributed by atoms with Crippen molar-refractivity contribution in [1.82, 2.24) is 0 Å². The van der Waals surface area contributed by atoms with Gasteiger partial charge in [0.2, 0.25) is 11.6 Å². The van der Waals surface area contributed by atoms with Crippen molar-refractivity contribution in [3.05, 3.63) is 94.6 Å². The molecule has 0 saturated heterocycles. The van der Waals surface area contributed by atoms with Gasteiger partial charge in [0.1, 0.15) is 18.1 Å². The van der Waals surface area contributed by atoms with Crippen molar-refractivity contribution in [2.75, 3.05) is 7.11 Å². The van der Waals surface area contributed by atoms with Crippen LogP contribution in [0, 0.1) is 23.3 Å². The van der Waals surface area contributed by atoms with Gasteiger partial charge in [-0.3, -0.25) is 4.79 Å². The number of phenolic OH excluding ortho intramolecular Hbond substituents is 1. The first-order chi connectivity index (χ1) is 14.8. The summed E-state index contributed by atoms with van der Waals surface area (Å²) in [6.45, 7) is -0.451. The zero-order valence-electron chi connectivity index (χ0n) is 16.2. The summed E-state index contributed by atoms with van der Waals surface area (Å²) < 4.78 is 64.5. The molecule has 0 unspecified atom stereocenters. The van der Waals surface area contributed by atoms with E-state index in [1.165, 1.54) is 49.6 Å². The summed E-state index contributed by atoms with van der Waals surface area (Å²) in [6.07, 6.45) is 2.81. The molecule has 31 heavy (non-hydrogen) atoms. The Morgan fingerprint density at radius 2 is 1.61 bits per heavy atom. The van der Waals surface area contributed by atoms with E-state index in [1.807, 2.05) is 0 Å². The minimum absolute atomic E-state index is 0.0337. The van der Waals surface area contributed by atoms with E-state index < -0.39 is 35.6 Å². The third-order valence-corrected chi connectivity index (χ3v) is 4.33. The van der Waals surface area contributed by atoms with Crippen LogP contribution in [0.2, 0.25) is 0 Å². The van der Waals surface area contributed by atoms with Gasteiger partial charge in [0.05, 0.1) is 7.11 Å². The standard InChI is InChI=1S/C23H16F4O4/c1-30-20-9-3-13(2-8-19(29)14-4-6-16(28)7-5-14)10-15(20)12-31-23-21(26)17(24)11-18(25)22(23)27/h2-11,28H,12H2,1H3/b8-2+. The Morgan fingerprint density at radius 3 is 2.23 bits per heavy atom. The summed E-state index contributed by atoms with van der Waals surface area (Å²) in [7, 11) is 1.37. The van der Waals surface area contributed by atoms with E-state index in [9.17, 15) is 27.5 Å². The summed E-state index contributed by atoms with van der Waals surface area (Å²) in [4.78, 5) is 12.2. The molecule has 0 heterocycles. The normalized spacial score (nSPS) is 11.0. The van der Waals surface area contributed by atoms with Gasteiger partial charge in [-0.25, -0.2) is 8.78 Å². The Hall–Kier alpha value is -3.81. The smallest absolute Gasteiger partial charge is 0.203 e. The third kappa shape index (κ3) is 5.03. The Labute approximate surface area is 175 Å². The minimum Gasteiger partial charge on any atom is -0.508 e. The number of benzene rings is 3. The molecular weight excluding hydrogens is 416 g/mol. The third-order valence-electron chi connectivity index (χ3n) is 4.33. The molecule has 0 aromatic heterocycles. The second-order valence-electron chi connectivity index (χ2n) is 6.40.